The van der Waals surface area contributed by atoms with E-state index in [0.29, 0.717) is 5.82 Å². The zero-order valence-corrected chi connectivity index (χ0v) is 34.6. The number of thiophene rings is 1. The predicted molar refractivity (Wildman–Crippen MR) is 259 cm³/mol. The van der Waals surface area contributed by atoms with Crippen molar-refractivity contribution in [3.8, 4) is 67.3 Å². The molecule has 3 heteroatoms. The monoisotopic (exact) mass is 806 g/mol. The van der Waals surface area contributed by atoms with Crippen LogP contribution in [0.15, 0.2) is 231 Å². The summed E-state index contributed by atoms with van der Waals surface area (Å²) in [6, 6.07) is 83.4. The minimum Gasteiger partial charge on any atom is -0.228 e. The lowest BCUT2D eigenvalue weighted by atomic mass is 9.67. The van der Waals surface area contributed by atoms with Crippen molar-refractivity contribution >= 4 is 31.5 Å². The molecular weight excluding hydrogens is 769 g/mol. The van der Waals surface area contributed by atoms with E-state index in [0.717, 1.165) is 39.2 Å². The fourth-order valence-electron chi connectivity index (χ4n) is 9.86. The molecule has 0 amide bonds. The van der Waals surface area contributed by atoms with Gasteiger partial charge in [0, 0.05) is 36.9 Å². The van der Waals surface area contributed by atoms with Crippen molar-refractivity contribution in [2.24, 2.45) is 0 Å². The van der Waals surface area contributed by atoms with Gasteiger partial charge in [0.2, 0.25) is 0 Å². The van der Waals surface area contributed by atoms with Crippen LogP contribution in [-0.2, 0) is 5.41 Å². The Bertz CT molecular complexity index is 3430. The van der Waals surface area contributed by atoms with Gasteiger partial charge in [0.25, 0.3) is 0 Å². The van der Waals surface area contributed by atoms with Crippen LogP contribution < -0.4 is 0 Å². The van der Waals surface area contributed by atoms with Crippen molar-refractivity contribution in [2.45, 2.75) is 5.41 Å². The summed E-state index contributed by atoms with van der Waals surface area (Å²) < 4.78 is 2.60. The number of benzene rings is 9. The molecule has 2 aromatic heterocycles. The fourth-order valence-corrected chi connectivity index (χ4v) is 11.1. The van der Waals surface area contributed by atoms with E-state index in [4.69, 9.17) is 9.97 Å². The number of nitrogens with zero attached hydrogens (tertiary/aromatic N) is 2. The largest absolute Gasteiger partial charge is 0.228 e. The highest BCUT2D eigenvalue weighted by atomic mass is 32.1. The summed E-state index contributed by atoms with van der Waals surface area (Å²) in [5, 5.41) is 2.59. The Morgan fingerprint density at radius 3 is 1.61 bits per heavy atom. The van der Waals surface area contributed by atoms with E-state index >= 15 is 0 Å². The molecule has 0 saturated heterocycles. The molecule has 0 saturated carbocycles. The third-order valence-electron chi connectivity index (χ3n) is 12.6. The van der Waals surface area contributed by atoms with E-state index in [9.17, 15) is 0 Å². The maximum absolute atomic E-state index is 5.34. The second-order valence-electron chi connectivity index (χ2n) is 16.0. The maximum atomic E-state index is 5.34. The third-order valence-corrected chi connectivity index (χ3v) is 13.8. The van der Waals surface area contributed by atoms with Crippen molar-refractivity contribution in [2.75, 3.05) is 0 Å². The van der Waals surface area contributed by atoms with Gasteiger partial charge in [-0.3, -0.25) is 0 Å². The number of fused-ring (bicyclic) bond motifs is 6. The van der Waals surface area contributed by atoms with Crippen molar-refractivity contribution in [1.29, 1.82) is 0 Å². The molecule has 0 fully saturated rings. The van der Waals surface area contributed by atoms with E-state index in [1.165, 1.54) is 64.7 Å². The molecular formula is C59H38N2S. The van der Waals surface area contributed by atoms with Crippen LogP contribution in [0.3, 0.4) is 0 Å². The Labute approximate surface area is 365 Å². The van der Waals surface area contributed by atoms with E-state index in [1.807, 2.05) is 17.4 Å². The van der Waals surface area contributed by atoms with Gasteiger partial charge >= 0.3 is 0 Å². The lowest BCUT2D eigenvalue weighted by molar-refractivity contribution is 0.769. The van der Waals surface area contributed by atoms with Gasteiger partial charge in [0.15, 0.2) is 5.82 Å². The quantitative estimate of drug-likeness (QED) is 0.160. The van der Waals surface area contributed by atoms with E-state index in [-0.39, 0.29) is 0 Å². The zero-order valence-electron chi connectivity index (χ0n) is 33.7. The van der Waals surface area contributed by atoms with Gasteiger partial charge in [-0.1, -0.05) is 206 Å². The Morgan fingerprint density at radius 2 is 0.839 bits per heavy atom. The summed E-state index contributed by atoms with van der Waals surface area (Å²) >= 11 is 1.86. The van der Waals surface area contributed by atoms with Crippen LogP contribution in [0.2, 0.25) is 0 Å². The molecule has 62 heavy (non-hydrogen) atoms. The highest BCUT2D eigenvalue weighted by Crippen LogP contribution is 2.56. The Hall–Kier alpha value is -7.72. The van der Waals surface area contributed by atoms with Crippen LogP contribution in [0.1, 0.15) is 22.3 Å². The first-order valence-corrected chi connectivity index (χ1v) is 22.0. The van der Waals surface area contributed by atoms with Gasteiger partial charge < -0.3 is 0 Å². The minimum absolute atomic E-state index is 0.493. The SMILES string of the molecule is c1ccc(-c2nc(-c3cccc(-c4cccc5c4sc4ccccc45)c3)cc(-c3ccccc3-c3cccc(C4(c5ccccc5)c5ccccc5-c5ccccc54)c3)n2)cc1. The predicted octanol–water partition coefficient (Wildman–Crippen LogP) is 15.5. The van der Waals surface area contributed by atoms with Crippen LogP contribution >= 0.6 is 11.3 Å². The van der Waals surface area contributed by atoms with Gasteiger partial charge in [0.05, 0.1) is 16.8 Å². The van der Waals surface area contributed by atoms with Crippen molar-refractivity contribution < 1.29 is 0 Å². The molecule has 12 rings (SSSR count). The van der Waals surface area contributed by atoms with Crippen LogP contribution in [0.25, 0.3) is 87.5 Å². The second-order valence-corrected chi connectivity index (χ2v) is 17.1. The van der Waals surface area contributed by atoms with Gasteiger partial charge in [-0.25, -0.2) is 9.97 Å². The molecule has 9 aromatic carbocycles. The molecule has 0 spiro atoms. The number of rotatable bonds is 7. The first kappa shape index (κ1) is 36.2. The lowest BCUT2D eigenvalue weighted by Gasteiger charge is -2.34. The molecule has 2 heterocycles. The van der Waals surface area contributed by atoms with E-state index in [2.05, 4.69) is 224 Å². The topological polar surface area (TPSA) is 25.8 Å². The molecule has 1 aliphatic rings. The normalized spacial score (nSPS) is 12.6. The Morgan fingerprint density at radius 1 is 0.323 bits per heavy atom. The van der Waals surface area contributed by atoms with Gasteiger partial charge in [-0.15, -0.1) is 11.3 Å². The third kappa shape index (κ3) is 5.78. The first-order chi connectivity index (χ1) is 30.7. The van der Waals surface area contributed by atoms with Crippen LogP contribution in [0, 0.1) is 0 Å². The summed E-state index contributed by atoms with van der Waals surface area (Å²) in [4.78, 5) is 10.6. The van der Waals surface area contributed by atoms with Crippen LogP contribution in [-0.4, -0.2) is 9.97 Å². The van der Waals surface area contributed by atoms with E-state index in [1.54, 1.807) is 0 Å². The van der Waals surface area contributed by atoms with Gasteiger partial charge in [0.1, 0.15) is 0 Å². The summed E-state index contributed by atoms with van der Waals surface area (Å²) in [7, 11) is 0. The summed E-state index contributed by atoms with van der Waals surface area (Å²) in [6.07, 6.45) is 0. The smallest absolute Gasteiger partial charge is 0.160 e. The van der Waals surface area contributed by atoms with Crippen molar-refractivity contribution in [3.05, 3.63) is 253 Å². The molecule has 0 radical (unpaired) electrons. The maximum Gasteiger partial charge on any atom is 0.160 e. The molecule has 0 N–H and O–H groups in total. The highest BCUT2D eigenvalue weighted by molar-refractivity contribution is 7.26. The molecule has 0 bridgehead atoms. The minimum atomic E-state index is -0.493. The lowest BCUT2D eigenvalue weighted by Crippen LogP contribution is -2.28. The molecule has 0 aliphatic heterocycles. The molecule has 1 aliphatic carbocycles. The average molecular weight is 807 g/mol. The number of hydrogen-bond acceptors (Lipinski definition) is 3. The summed E-state index contributed by atoms with van der Waals surface area (Å²) in [6.45, 7) is 0. The van der Waals surface area contributed by atoms with Gasteiger partial charge in [-0.2, -0.15) is 0 Å². The molecule has 2 nitrogen and oxygen atoms in total. The average Bonchev–Trinajstić information content (AvgIpc) is 3.89. The van der Waals surface area contributed by atoms with Gasteiger partial charge in [-0.05, 0) is 79.9 Å². The fraction of sp³-hybridized carbons (Fsp3) is 0.0169. The number of aromatic nitrogens is 2. The van der Waals surface area contributed by atoms with Crippen LogP contribution in [0.4, 0.5) is 0 Å². The molecule has 0 unspecified atom stereocenters. The summed E-state index contributed by atoms with van der Waals surface area (Å²) in [5.74, 6) is 0.695. The Kier molecular flexibility index (Phi) is 8.62. The van der Waals surface area contributed by atoms with Crippen molar-refractivity contribution in [1.82, 2.24) is 9.97 Å². The zero-order chi connectivity index (χ0) is 41.0. The second kappa shape index (κ2) is 14.8. The van der Waals surface area contributed by atoms with Crippen LogP contribution in [0.5, 0.6) is 0 Å². The summed E-state index contributed by atoms with van der Waals surface area (Å²) in [5.41, 5.74) is 16.6. The molecule has 11 aromatic rings. The molecule has 0 atom stereocenters. The number of hydrogen-bond donors (Lipinski definition) is 0. The standard InChI is InChI=1S/C59H38N2S/c1-3-18-39(19-4-1)58-60-54(42-22-15-20-40(36-42)46-31-17-32-51-50-30-11-14-35-56(50)62-57(46)51)38-55(61-58)49-29-8-7-26-45(49)41-21-16-25-44(37-41)59(43-23-5-2-6-24-43)52-33-12-9-27-47(52)48-28-10-13-34-53(48)59/h1-38H. The van der Waals surface area contributed by atoms with E-state index < -0.39 is 5.41 Å². The molecule has 290 valence electrons. The first-order valence-electron chi connectivity index (χ1n) is 21.1. The highest BCUT2D eigenvalue weighted by Gasteiger charge is 2.45. The van der Waals surface area contributed by atoms with Crippen molar-refractivity contribution in [3.63, 3.8) is 0 Å². The Balaban J connectivity index is 1.03.